The molecular formula is C14H12ClNO3. The number of hydrogen-bond donors (Lipinski definition) is 1. The molecule has 2 aromatic rings. The van der Waals surface area contributed by atoms with Crippen LogP contribution < -0.4 is 5.43 Å². The van der Waals surface area contributed by atoms with Gasteiger partial charge in [-0.25, -0.2) is 4.79 Å². The van der Waals surface area contributed by atoms with Crippen LogP contribution in [0.3, 0.4) is 0 Å². The smallest absolute Gasteiger partial charge is 0.341 e. The number of carbonyl (C=O) groups is 1. The standard InChI is InChI=1S/C14H12ClNO3/c1-8-13(14(18)19)12(17)7-11(16(8)2)9-4-3-5-10(15)6-9/h3-7H,1-2H3,(H,18,19). The molecule has 0 aliphatic carbocycles. The molecule has 0 spiro atoms. The van der Waals surface area contributed by atoms with Crippen molar-refractivity contribution in [1.82, 2.24) is 4.57 Å². The molecule has 0 unspecified atom stereocenters. The molecule has 1 aromatic heterocycles. The van der Waals surface area contributed by atoms with Gasteiger partial charge in [-0.05, 0) is 24.6 Å². The van der Waals surface area contributed by atoms with Gasteiger partial charge in [0.1, 0.15) is 5.56 Å². The predicted octanol–water partition coefficient (Wildman–Crippen LogP) is 2.71. The van der Waals surface area contributed by atoms with Crippen molar-refractivity contribution in [3.8, 4) is 11.3 Å². The van der Waals surface area contributed by atoms with E-state index in [9.17, 15) is 9.59 Å². The van der Waals surface area contributed by atoms with E-state index in [1.165, 1.54) is 6.07 Å². The van der Waals surface area contributed by atoms with Gasteiger partial charge in [0.05, 0.1) is 5.69 Å². The van der Waals surface area contributed by atoms with Crippen LogP contribution in [0, 0.1) is 6.92 Å². The van der Waals surface area contributed by atoms with Crippen molar-refractivity contribution in [2.24, 2.45) is 7.05 Å². The minimum absolute atomic E-state index is 0.201. The number of aromatic nitrogens is 1. The lowest BCUT2D eigenvalue weighted by molar-refractivity contribution is 0.0693. The second-order valence-electron chi connectivity index (χ2n) is 4.23. The number of hydrogen-bond acceptors (Lipinski definition) is 2. The number of nitrogens with zero attached hydrogens (tertiary/aromatic N) is 1. The van der Waals surface area contributed by atoms with Crippen LogP contribution in [0.1, 0.15) is 16.1 Å². The van der Waals surface area contributed by atoms with Crippen LogP contribution in [0.2, 0.25) is 5.02 Å². The van der Waals surface area contributed by atoms with E-state index >= 15 is 0 Å². The highest BCUT2D eigenvalue weighted by Crippen LogP contribution is 2.22. The van der Waals surface area contributed by atoms with Crippen molar-refractivity contribution in [1.29, 1.82) is 0 Å². The fourth-order valence-corrected chi connectivity index (χ4v) is 2.20. The maximum atomic E-state index is 11.9. The molecule has 19 heavy (non-hydrogen) atoms. The largest absolute Gasteiger partial charge is 0.477 e. The number of carboxylic acids is 1. The van der Waals surface area contributed by atoms with Gasteiger partial charge in [0.15, 0.2) is 5.43 Å². The minimum atomic E-state index is -1.21. The van der Waals surface area contributed by atoms with Crippen molar-refractivity contribution < 1.29 is 9.90 Å². The van der Waals surface area contributed by atoms with Crippen molar-refractivity contribution in [3.05, 3.63) is 56.8 Å². The van der Waals surface area contributed by atoms with Gasteiger partial charge in [-0.3, -0.25) is 4.79 Å². The molecule has 1 heterocycles. The second kappa shape index (κ2) is 4.90. The molecular weight excluding hydrogens is 266 g/mol. The van der Waals surface area contributed by atoms with Crippen LogP contribution in [-0.4, -0.2) is 15.6 Å². The first kappa shape index (κ1) is 13.4. The number of halogens is 1. The Balaban J connectivity index is 2.74. The molecule has 0 atom stereocenters. The molecule has 1 aromatic carbocycles. The fourth-order valence-electron chi connectivity index (χ4n) is 2.00. The van der Waals surface area contributed by atoms with E-state index in [4.69, 9.17) is 16.7 Å². The third-order valence-corrected chi connectivity index (χ3v) is 3.31. The number of carboxylic acid groups (broad SMARTS) is 1. The molecule has 0 fully saturated rings. The van der Waals surface area contributed by atoms with Crippen molar-refractivity contribution in [2.75, 3.05) is 0 Å². The summed E-state index contributed by atoms with van der Waals surface area (Å²) in [6.07, 6.45) is 0. The zero-order valence-electron chi connectivity index (χ0n) is 10.5. The molecule has 0 aliphatic rings. The molecule has 0 saturated heterocycles. The molecule has 2 rings (SSSR count). The molecule has 1 N–H and O–H groups in total. The van der Waals surface area contributed by atoms with Crippen LogP contribution in [-0.2, 0) is 7.05 Å². The quantitative estimate of drug-likeness (QED) is 0.918. The Bertz CT molecular complexity index is 719. The molecule has 0 aliphatic heterocycles. The summed E-state index contributed by atoms with van der Waals surface area (Å²) in [5.41, 5.74) is 1.11. The summed E-state index contributed by atoms with van der Waals surface area (Å²) in [5.74, 6) is -1.21. The summed E-state index contributed by atoms with van der Waals surface area (Å²) >= 11 is 5.93. The summed E-state index contributed by atoms with van der Waals surface area (Å²) in [4.78, 5) is 22.9. The van der Waals surface area contributed by atoms with E-state index in [1.807, 2.05) is 6.07 Å². The van der Waals surface area contributed by atoms with Crippen LogP contribution in [0.25, 0.3) is 11.3 Å². The van der Waals surface area contributed by atoms with Gasteiger partial charge in [-0.1, -0.05) is 23.7 Å². The Morgan fingerprint density at radius 1 is 1.32 bits per heavy atom. The zero-order chi connectivity index (χ0) is 14.2. The normalized spacial score (nSPS) is 10.5. The first-order valence-electron chi connectivity index (χ1n) is 5.61. The Morgan fingerprint density at radius 3 is 2.58 bits per heavy atom. The van der Waals surface area contributed by atoms with Crippen LogP contribution in [0.5, 0.6) is 0 Å². The van der Waals surface area contributed by atoms with Crippen molar-refractivity contribution >= 4 is 17.6 Å². The average molecular weight is 278 g/mol. The molecule has 4 nitrogen and oxygen atoms in total. The van der Waals surface area contributed by atoms with E-state index < -0.39 is 11.4 Å². The molecule has 5 heteroatoms. The summed E-state index contributed by atoms with van der Waals surface area (Å²) in [5, 5.41) is 9.60. The molecule has 0 saturated carbocycles. The van der Waals surface area contributed by atoms with Gasteiger partial charge in [-0.2, -0.15) is 0 Å². The highest BCUT2D eigenvalue weighted by atomic mass is 35.5. The molecule has 0 radical (unpaired) electrons. The van der Waals surface area contributed by atoms with Gasteiger partial charge in [-0.15, -0.1) is 0 Å². The highest BCUT2D eigenvalue weighted by Gasteiger charge is 2.16. The number of benzene rings is 1. The number of aromatic carboxylic acids is 1. The van der Waals surface area contributed by atoms with Crippen LogP contribution in [0.15, 0.2) is 35.1 Å². The average Bonchev–Trinajstić information content (AvgIpc) is 2.33. The topological polar surface area (TPSA) is 59.3 Å². The SMILES string of the molecule is Cc1c(C(=O)O)c(=O)cc(-c2cccc(Cl)c2)n1C. The Hall–Kier alpha value is -2.07. The van der Waals surface area contributed by atoms with Gasteiger partial charge >= 0.3 is 5.97 Å². The Kier molecular flexibility index (Phi) is 3.44. The lowest BCUT2D eigenvalue weighted by Gasteiger charge is -2.14. The third kappa shape index (κ3) is 2.39. The monoisotopic (exact) mass is 277 g/mol. The van der Waals surface area contributed by atoms with Gasteiger partial charge in [0.2, 0.25) is 0 Å². The fraction of sp³-hybridized carbons (Fsp3) is 0.143. The summed E-state index contributed by atoms with van der Waals surface area (Å²) < 4.78 is 1.68. The maximum absolute atomic E-state index is 11.9. The second-order valence-corrected chi connectivity index (χ2v) is 4.67. The lowest BCUT2D eigenvalue weighted by atomic mass is 10.1. The van der Waals surface area contributed by atoms with E-state index in [0.717, 1.165) is 5.56 Å². The highest BCUT2D eigenvalue weighted by molar-refractivity contribution is 6.30. The number of pyridine rings is 1. The van der Waals surface area contributed by atoms with Gasteiger partial charge < -0.3 is 9.67 Å². The summed E-state index contributed by atoms with van der Waals surface area (Å²) in [6.45, 7) is 1.61. The Labute approximate surface area is 114 Å². The van der Waals surface area contributed by atoms with Gasteiger partial charge in [0.25, 0.3) is 0 Å². The van der Waals surface area contributed by atoms with Crippen molar-refractivity contribution in [3.63, 3.8) is 0 Å². The van der Waals surface area contributed by atoms with E-state index in [-0.39, 0.29) is 5.56 Å². The van der Waals surface area contributed by atoms with E-state index in [2.05, 4.69) is 0 Å². The summed E-state index contributed by atoms with van der Waals surface area (Å²) in [6, 6.07) is 8.39. The summed E-state index contributed by atoms with van der Waals surface area (Å²) in [7, 11) is 1.72. The van der Waals surface area contributed by atoms with Crippen LogP contribution >= 0.6 is 11.6 Å². The number of rotatable bonds is 2. The maximum Gasteiger partial charge on any atom is 0.341 e. The third-order valence-electron chi connectivity index (χ3n) is 3.07. The van der Waals surface area contributed by atoms with Crippen LogP contribution in [0.4, 0.5) is 0 Å². The van der Waals surface area contributed by atoms with Crippen molar-refractivity contribution in [2.45, 2.75) is 6.92 Å². The molecule has 0 bridgehead atoms. The minimum Gasteiger partial charge on any atom is -0.477 e. The molecule has 98 valence electrons. The molecule has 0 amide bonds. The van der Waals surface area contributed by atoms with E-state index in [0.29, 0.717) is 16.4 Å². The predicted molar refractivity (Wildman–Crippen MR) is 73.8 cm³/mol. The Morgan fingerprint density at radius 2 is 2.00 bits per heavy atom. The zero-order valence-corrected chi connectivity index (χ0v) is 11.2. The first-order chi connectivity index (χ1) is 8.91. The lowest BCUT2D eigenvalue weighted by Crippen LogP contribution is -2.21. The van der Waals surface area contributed by atoms with E-state index in [1.54, 1.807) is 36.7 Å². The first-order valence-corrected chi connectivity index (χ1v) is 5.99. The van der Waals surface area contributed by atoms with Gasteiger partial charge in [0, 0.05) is 23.8 Å².